The summed E-state index contributed by atoms with van der Waals surface area (Å²) in [4.78, 5) is 13.1. The molecule has 1 aromatic carbocycles. The molecule has 4 nitrogen and oxygen atoms in total. The van der Waals surface area contributed by atoms with E-state index in [-0.39, 0.29) is 23.6 Å². The number of nitrogens with zero attached hydrogens (tertiary/aromatic N) is 2. The summed E-state index contributed by atoms with van der Waals surface area (Å²) >= 11 is 0. The first-order valence-corrected chi connectivity index (χ1v) is 4.73. The minimum atomic E-state index is -0.612. The summed E-state index contributed by atoms with van der Waals surface area (Å²) in [6.07, 6.45) is 0.250. The Morgan fingerprint density at radius 3 is 2.88 bits per heavy atom. The first-order chi connectivity index (χ1) is 7.56. The monoisotopic (exact) mass is 221 g/mol. The molecule has 1 amide bonds. The number of benzene rings is 1. The summed E-state index contributed by atoms with van der Waals surface area (Å²) in [5.74, 6) is -0.936. The molecule has 0 saturated heterocycles. The maximum atomic E-state index is 13.1. The molecule has 0 bridgehead atoms. The molecule has 0 radical (unpaired) electrons. The third-order valence-electron chi connectivity index (χ3n) is 2.15. The fourth-order valence-corrected chi connectivity index (χ4v) is 1.20. The molecular weight excluding hydrogens is 209 g/mol. The molecule has 0 fully saturated rings. The number of nitrogen functional groups attached to an aromatic ring is 1. The molecule has 0 heterocycles. The normalized spacial score (nSPS) is 9.56. The van der Waals surface area contributed by atoms with E-state index in [4.69, 9.17) is 11.0 Å². The van der Waals surface area contributed by atoms with Crippen LogP contribution in [0.1, 0.15) is 16.8 Å². The quantitative estimate of drug-likeness (QED) is 0.784. The Morgan fingerprint density at radius 2 is 2.31 bits per heavy atom. The summed E-state index contributed by atoms with van der Waals surface area (Å²) < 4.78 is 13.1. The fourth-order valence-electron chi connectivity index (χ4n) is 1.20. The van der Waals surface area contributed by atoms with Crippen LogP contribution in [-0.2, 0) is 0 Å². The number of carbonyl (C=O) groups is 1. The van der Waals surface area contributed by atoms with Gasteiger partial charge in [-0.15, -0.1) is 0 Å². The van der Waals surface area contributed by atoms with Gasteiger partial charge >= 0.3 is 0 Å². The largest absolute Gasteiger partial charge is 0.396 e. The molecule has 0 aliphatic heterocycles. The summed E-state index contributed by atoms with van der Waals surface area (Å²) in [5, 5.41) is 8.38. The van der Waals surface area contributed by atoms with Gasteiger partial charge in [0.05, 0.1) is 18.2 Å². The molecule has 0 unspecified atom stereocenters. The summed E-state index contributed by atoms with van der Waals surface area (Å²) in [5.41, 5.74) is 5.54. The van der Waals surface area contributed by atoms with E-state index in [2.05, 4.69) is 0 Å². The zero-order valence-corrected chi connectivity index (χ0v) is 8.90. The van der Waals surface area contributed by atoms with Crippen molar-refractivity contribution < 1.29 is 9.18 Å². The Labute approximate surface area is 93.1 Å². The summed E-state index contributed by atoms with van der Waals surface area (Å²) in [6, 6.07) is 5.85. The van der Waals surface area contributed by atoms with Gasteiger partial charge in [0, 0.05) is 19.2 Å². The lowest BCUT2D eigenvalue weighted by atomic mass is 10.1. The Hall–Kier alpha value is -2.09. The first kappa shape index (κ1) is 12.0. The number of amides is 1. The van der Waals surface area contributed by atoms with Gasteiger partial charge in [0.25, 0.3) is 5.91 Å². The van der Waals surface area contributed by atoms with E-state index < -0.39 is 5.82 Å². The number of hydrogen-bond donors (Lipinski definition) is 1. The molecule has 0 aliphatic carbocycles. The van der Waals surface area contributed by atoms with Crippen LogP contribution in [0.25, 0.3) is 0 Å². The molecule has 0 aliphatic rings. The first-order valence-electron chi connectivity index (χ1n) is 4.73. The number of nitrogens with two attached hydrogens (primary N) is 1. The average molecular weight is 221 g/mol. The van der Waals surface area contributed by atoms with Gasteiger partial charge < -0.3 is 10.6 Å². The van der Waals surface area contributed by atoms with E-state index in [1.807, 2.05) is 6.07 Å². The summed E-state index contributed by atoms with van der Waals surface area (Å²) in [6.45, 7) is 0.321. The molecule has 0 aromatic heterocycles. The SMILES string of the molecule is CN(CCC#N)C(=O)c1ccc(N)c(F)c1. The van der Waals surface area contributed by atoms with Gasteiger partial charge in [-0.25, -0.2) is 4.39 Å². The number of nitriles is 1. The van der Waals surface area contributed by atoms with E-state index in [9.17, 15) is 9.18 Å². The van der Waals surface area contributed by atoms with Gasteiger partial charge in [-0.2, -0.15) is 5.26 Å². The van der Waals surface area contributed by atoms with Crippen LogP contribution in [0.5, 0.6) is 0 Å². The second-order valence-electron chi connectivity index (χ2n) is 3.37. The fraction of sp³-hybridized carbons (Fsp3) is 0.273. The van der Waals surface area contributed by atoms with E-state index in [1.165, 1.54) is 17.0 Å². The molecule has 2 N–H and O–H groups in total. The van der Waals surface area contributed by atoms with E-state index in [0.29, 0.717) is 6.54 Å². The molecule has 84 valence electrons. The minimum Gasteiger partial charge on any atom is -0.396 e. The lowest BCUT2D eigenvalue weighted by Gasteiger charge is -2.15. The Kier molecular flexibility index (Phi) is 3.84. The highest BCUT2D eigenvalue weighted by Crippen LogP contribution is 2.13. The van der Waals surface area contributed by atoms with Gasteiger partial charge in [-0.05, 0) is 18.2 Å². The number of rotatable bonds is 3. The van der Waals surface area contributed by atoms with Crippen LogP contribution in [0.15, 0.2) is 18.2 Å². The van der Waals surface area contributed by atoms with Crippen molar-refractivity contribution in [3.8, 4) is 6.07 Å². The third kappa shape index (κ3) is 2.70. The van der Waals surface area contributed by atoms with Crippen LogP contribution >= 0.6 is 0 Å². The topological polar surface area (TPSA) is 70.1 Å². The average Bonchev–Trinajstić information content (AvgIpc) is 2.28. The van der Waals surface area contributed by atoms with Gasteiger partial charge in [0.1, 0.15) is 5.82 Å². The molecule has 0 spiro atoms. The van der Waals surface area contributed by atoms with Crippen LogP contribution in [0.4, 0.5) is 10.1 Å². The lowest BCUT2D eigenvalue weighted by molar-refractivity contribution is 0.0797. The van der Waals surface area contributed by atoms with Crippen molar-refractivity contribution in [1.82, 2.24) is 4.90 Å². The molecule has 16 heavy (non-hydrogen) atoms. The minimum absolute atomic E-state index is 0.0104. The van der Waals surface area contributed by atoms with E-state index >= 15 is 0 Å². The van der Waals surface area contributed by atoms with Crippen molar-refractivity contribution in [3.63, 3.8) is 0 Å². The highest BCUT2D eigenvalue weighted by atomic mass is 19.1. The Balaban J connectivity index is 2.80. The van der Waals surface area contributed by atoms with Crippen molar-refractivity contribution in [3.05, 3.63) is 29.6 Å². The van der Waals surface area contributed by atoms with E-state index in [0.717, 1.165) is 6.07 Å². The van der Waals surface area contributed by atoms with Crippen LogP contribution < -0.4 is 5.73 Å². The predicted molar refractivity (Wildman–Crippen MR) is 58.0 cm³/mol. The van der Waals surface area contributed by atoms with Crippen LogP contribution in [0, 0.1) is 17.1 Å². The molecule has 5 heteroatoms. The van der Waals surface area contributed by atoms with Crippen molar-refractivity contribution in [1.29, 1.82) is 5.26 Å². The summed E-state index contributed by atoms with van der Waals surface area (Å²) in [7, 11) is 1.56. The van der Waals surface area contributed by atoms with Gasteiger partial charge in [-0.1, -0.05) is 0 Å². The molecule has 0 atom stereocenters. The zero-order valence-electron chi connectivity index (χ0n) is 8.90. The highest BCUT2D eigenvalue weighted by molar-refractivity contribution is 5.94. The zero-order chi connectivity index (χ0) is 12.1. The van der Waals surface area contributed by atoms with Gasteiger partial charge in [0.2, 0.25) is 0 Å². The molecule has 0 saturated carbocycles. The lowest BCUT2D eigenvalue weighted by Crippen LogP contribution is -2.27. The van der Waals surface area contributed by atoms with Crippen molar-refractivity contribution in [2.24, 2.45) is 0 Å². The van der Waals surface area contributed by atoms with Crippen molar-refractivity contribution >= 4 is 11.6 Å². The maximum Gasteiger partial charge on any atom is 0.253 e. The van der Waals surface area contributed by atoms with Crippen molar-refractivity contribution in [2.45, 2.75) is 6.42 Å². The highest BCUT2D eigenvalue weighted by Gasteiger charge is 2.12. The smallest absolute Gasteiger partial charge is 0.253 e. The second-order valence-corrected chi connectivity index (χ2v) is 3.37. The number of halogens is 1. The number of hydrogen-bond acceptors (Lipinski definition) is 3. The Bertz CT molecular complexity index is 439. The maximum absolute atomic E-state index is 13.1. The predicted octanol–water partition coefficient (Wildman–Crippen LogP) is 1.39. The molecule has 1 aromatic rings. The molecular formula is C11H12FN3O. The van der Waals surface area contributed by atoms with Crippen LogP contribution in [0.2, 0.25) is 0 Å². The third-order valence-corrected chi connectivity index (χ3v) is 2.15. The van der Waals surface area contributed by atoms with Crippen LogP contribution in [0.3, 0.4) is 0 Å². The standard InChI is InChI=1S/C11H12FN3O/c1-15(6-2-5-13)11(16)8-3-4-10(14)9(12)7-8/h3-4,7H,2,6,14H2,1H3. The van der Waals surface area contributed by atoms with Crippen LogP contribution in [-0.4, -0.2) is 24.4 Å². The second kappa shape index (κ2) is 5.12. The van der Waals surface area contributed by atoms with Gasteiger partial charge in [-0.3, -0.25) is 4.79 Å². The Morgan fingerprint density at radius 1 is 1.62 bits per heavy atom. The van der Waals surface area contributed by atoms with E-state index in [1.54, 1.807) is 7.05 Å². The van der Waals surface area contributed by atoms with Gasteiger partial charge in [0.15, 0.2) is 0 Å². The van der Waals surface area contributed by atoms with Crippen molar-refractivity contribution in [2.75, 3.05) is 19.3 Å². The number of anilines is 1. The molecule has 1 rings (SSSR count). The number of carbonyl (C=O) groups excluding carboxylic acids is 1.